The topological polar surface area (TPSA) is 96.0 Å². The molecule has 0 heterocycles. The predicted molar refractivity (Wildman–Crippen MR) is 173 cm³/mol. The van der Waals surface area contributed by atoms with Gasteiger partial charge in [0, 0.05) is 24.0 Å². The lowest BCUT2D eigenvalue weighted by molar-refractivity contribution is -0.140. The first-order valence-corrected chi connectivity index (χ1v) is 16.0. The number of anilines is 1. The number of methoxy groups -OCH3 is 1. The molecule has 0 saturated carbocycles. The van der Waals surface area contributed by atoms with Crippen LogP contribution in [0.4, 0.5) is 5.69 Å². The zero-order chi connectivity index (χ0) is 31.7. The number of rotatable bonds is 13. The fourth-order valence-electron chi connectivity index (χ4n) is 4.81. The van der Waals surface area contributed by atoms with Crippen molar-refractivity contribution < 1.29 is 22.7 Å². The van der Waals surface area contributed by atoms with E-state index in [-0.39, 0.29) is 41.2 Å². The maximum atomic E-state index is 14.5. The molecule has 4 aromatic rings. The minimum Gasteiger partial charge on any atom is -0.495 e. The molecule has 0 aliphatic heterocycles. The molecule has 0 radical (unpaired) electrons. The Hall–Kier alpha value is -4.34. The van der Waals surface area contributed by atoms with E-state index in [1.807, 2.05) is 44.2 Å². The molecule has 0 fully saturated rings. The van der Waals surface area contributed by atoms with Crippen LogP contribution < -0.4 is 14.4 Å². The third kappa shape index (κ3) is 7.98. The Kier molecular flexibility index (Phi) is 11.0. The van der Waals surface area contributed by atoms with Crippen LogP contribution in [0.3, 0.4) is 0 Å². The summed E-state index contributed by atoms with van der Waals surface area (Å²) < 4.78 is 34.8. The molecule has 0 unspecified atom stereocenters. The second kappa shape index (κ2) is 14.9. The number of halogens is 1. The SMILES string of the molecule is COc1ccccc1N(CC(=O)N(Cc1ccccc1Cl)[C@@H](Cc1ccccc1)C(=O)NC(C)C)S(=O)(=O)c1ccccc1. The van der Waals surface area contributed by atoms with Crippen molar-refractivity contribution in [3.63, 3.8) is 0 Å². The zero-order valence-electron chi connectivity index (χ0n) is 24.9. The van der Waals surface area contributed by atoms with E-state index in [9.17, 15) is 18.0 Å². The molecule has 0 aromatic heterocycles. The first-order valence-electron chi connectivity index (χ1n) is 14.2. The first-order chi connectivity index (χ1) is 21.1. The van der Waals surface area contributed by atoms with Crippen molar-refractivity contribution in [2.24, 2.45) is 0 Å². The average Bonchev–Trinajstić information content (AvgIpc) is 3.02. The molecule has 2 amide bonds. The number of hydrogen-bond donors (Lipinski definition) is 1. The number of hydrogen-bond acceptors (Lipinski definition) is 5. The largest absolute Gasteiger partial charge is 0.495 e. The van der Waals surface area contributed by atoms with Gasteiger partial charge in [-0.25, -0.2) is 8.42 Å². The van der Waals surface area contributed by atoms with E-state index in [2.05, 4.69) is 5.32 Å². The summed E-state index contributed by atoms with van der Waals surface area (Å²) in [6, 6.07) is 29.8. The van der Waals surface area contributed by atoms with Crippen molar-refractivity contribution in [3.05, 3.63) is 125 Å². The van der Waals surface area contributed by atoms with Gasteiger partial charge in [0.05, 0.1) is 17.7 Å². The summed E-state index contributed by atoms with van der Waals surface area (Å²) in [4.78, 5) is 29.7. The molecule has 10 heteroatoms. The van der Waals surface area contributed by atoms with Gasteiger partial charge >= 0.3 is 0 Å². The molecule has 0 bridgehead atoms. The maximum absolute atomic E-state index is 14.5. The Labute approximate surface area is 264 Å². The number of carbonyl (C=O) groups is 2. The van der Waals surface area contributed by atoms with Gasteiger partial charge in [0.1, 0.15) is 18.3 Å². The Morgan fingerprint density at radius 3 is 2.07 bits per heavy atom. The summed E-state index contributed by atoms with van der Waals surface area (Å²) in [6.45, 7) is 3.07. The van der Waals surface area contributed by atoms with Gasteiger partial charge in [-0.15, -0.1) is 0 Å². The lowest BCUT2D eigenvalue weighted by atomic mass is 10.0. The van der Waals surface area contributed by atoms with Gasteiger partial charge in [0.2, 0.25) is 11.8 Å². The molecule has 0 saturated heterocycles. The van der Waals surface area contributed by atoms with Crippen LogP contribution in [0.5, 0.6) is 5.75 Å². The molecule has 1 atom stereocenters. The highest BCUT2D eigenvalue weighted by Gasteiger charge is 2.35. The van der Waals surface area contributed by atoms with Crippen LogP contribution in [0.25, 0.3) is 0 Å². The minimum atomic E-state index is -4.24. The smallest absolute Gasteiger partial charge is 0.264 e. The quantitative estimate of drug-likeness (QED) is 0.204. The van der Waals surface area contributed by atoms with Crippen molar-refractivity contribution in [3.8, 4) is 5.75 Å². The van der Waals surface area contributed by atoms with Crippen molar-refractivity contribution in [2.75, 3.05) is 18.0 Å². The van der Waals surface area contributed by atoms with Gasteiger partial charge in [0.15, 0.2) is 0 Å². The summed E-state index contributed by atoms with van der Waals surface area (Å²) >= 11 is 6.53. The minimum absolute atomic E-state index is 0.00902. The van der Waals surface area contributed by atoms with E-state index in [4.69, 9.17) is 16.3 Å². The summed E-state index contributed by atoms with van der Waals surface area (Å²) in [7, 11) is -2.81. The molecular weight excluding hydrogens is 598 g/mol. The lowest BCUT2D eigenvalue weighted by Gasteiger charge is -2.34. The molecule has 0 aliphatic carbocycles. The van der Waals surface area contributed by atoms with E-state index >= 15 is 0 Å². The number of nitrogens with zero attached hydrogens (tertiary/aromatic N) is 2. The molecule has 4 aromatic carbocycles. The highest BCUT2D eigenvalue weighted by Crippen LogP contribution is 2.33. The average molecular weight is 634 g/mol. The fraction of sp³-hybridized carbons (Fsp3) is 0.235. The van der Waals surface area contributed by atoms with Crippen molar-refractivity contribution in [1.29, 1.82) is 0 Å². The maximum Gasteiger partial charge on any atom is 0.264 e. The van der Waals surface area contributed by atoms with E-state index in [0.717, 1.165) is 9.87 Å². The van der Waals surface area contributed by atoms with Crippen LogP contribution in [-0.2, 0) is 32.6 Å². The van der Waals surface area contributed by atoms with Gasteiger partial charge in [-0.2, -0.15) is 0 Å². The Balaban J connectivity index is 1.83. The molecule has 230 valence electrons. The predicted octanol–water partition coefficient (Wildman–Crippen LogP) is 5.71. The molecule has 8 nitrogen and oxygen atoms in total. The highest BCUT2D eigenvalue weighted by molar-refractivity contribution is 7.92. The number of ether oxygens (including phenoxy) is 1. The number of benzene rings is 4. The molecule has 4 rings (SSSR count). The number of para-hydroxylation sites is 2. The monoisotopic (exact) mass is 633 g/mol. The van der Waals surface area contributed by atoms with Crippen molar-refractivity contribution in [2.45, 2.75) is 43.8 Å². The Morgan fingerprint density at radius 1 is 0.841 bits per heavy atom. The summed E-state index contributed by atoms with van der Waals surface area (Å²) in [5.41, 5.74) is 1.65. The summed E-state index contributed by atoms with van der Waals surface area (Å²) in [5, 5.41) is 3.36. The normalized spacial score (nSPS) is 11.9. The van der Waals surface area contributed by atoms with Gasteiger partial charge in [-0.1, -0.05) is 90.5 Å². The Morgan fingerprint density at radius 2 is 1.43 bits per heavy atom. The highest BCUT2D eigenvalue weighted by atomic mass is 35.5. The van der Waals surface area contributed by atoms with Crippen LogP contribution in [0.15, 0.2) is 114 Å². The molecule has 1 N–H and O–H groups in total. The van der Waals surface area contributed by atoms with E-state index in [1.165, 1.54) is 24.1 Å². The summed E-state index contributed by atoms with van der Waals surface area (Å²) in [5.74, 6) is -0.676. The van der Waals surface area contributed by atoms with Crippen LogP contribution in [0.1, 0.15) is 25.0 Å². The molecule has 0 aliphatic rings. The van der Waals surface area contributed by atoms with Crippen LogP contribution >= 0.6 is 11.6 Å². The standard InChI is InChI=1S/C34H36ClN3O5S/c1-25(2)36-34(40)31(22-26-14-6-4-7-15-26)37(23-27-16-10-11-19-29(27)35)33(39)24-38(30-20-12-13-21-32(30)43-3)44(41,42)28-17-8-5-9-18-28/h4-21,25,31H,22-24H2,1-3H3,(H,36,40)/t31-/m0/s1. The lowest BCUT2D eigenvalue weighted by Crippen LogP contribution is -2.54. The molecule has 44 heavy (non-hydrogen) atoms. The summed E-state index contributed by atoms with van der Waals surface area (Å²) in [6.07, 6.45) is 0.204. The van der Waals surface area contributed by atoms with Crippen molar-refractivity contribution in [1.82, 2.24) is 10.2 Å². The second-order valence-electron chi connectivity index (χ2n) is 10.5. The Bertz CT molecular complexity index is 1670. The zero-order valence-corrected chi connectivity index (χ0v) is 26.5. The number of carbonyl (C=O) groups excluding carboxylic acids is 2. The first kappa shape index (κ1) is 32.6. The van der Waals surface area contributed by atoms with Crippen LogP contribution in [0.2, 0.25) is 5.02 Å². The molecular formula is C34H36ClN3O5S. The van der Waals surface area contributed by atoms with Crippen molar-refractivity contribution >= 4 is 39.1 Å². The third-order valence-electron chi connectivity index (χ3n) is 6.96. The second-order valence-corrected chi connectivity index (χ2v) is 12.7. The van der Waals surface area contributed by atoms with Gasteiger partial charge in [-0.3, -0.25) is 13.9 Å². The van der Waals surface area contributed by atoms with E-state index < -0.39 is 28.5 Å². The van der Waals surface area contributed by atoms with Crippen LogP contribution in [-0.4, -0.2) is 50.9 Å². The number of sulfonamides is 1. The van der Waals surface area contributed by atoms with Gasteiger partial charge < -0.3 is 15.0 Å². The third-order valence-corrected chi connectivity index (χ3v) is 9.11. The van der Waals surface area contributed by atoms with E-state index in [0.29, 0.717) is 10.6 Å². The number of amides is 2. The van der Waals surface area contributed by atoms with Gasteiger partial charge in [-0.05, 0) is 55.3 Å². The van der Waals surface area contributed by atoms with Crippen LogP contribution in [0, 0.1) is 0 Å². The molecule has 0 spiro atoms. The van der Waals surface area contributed by atoms with Gasteiger partial charge in [0.25, 0.3) is 10.0 Å². The van der Waals surface area contributed by atoms with E-state index in [1.54, 1.807) is 66.7 Å². The number of nitrogens with one attached hydrogen (secondary N) is 1. The fourth-order valence-corrected chi connectivity index (χ4v) is 6.45.